The van der Waals surface area contributed by atoms with Crippen LogP contribution >= 0.6 is 0 Å². The van der Waals surface area contributed by atoms with Gasteiger partial charge in [0.15, 0.2) is 0 Å². The van der Waals surface area contributed by atoms with Crippen LogP contribution in [0, 0.1) is 11.2 Å². The Kier molecular flexibility index (Phi) is 4.28. The zero-order valence-electron chi connectivity index (χ0n) is 14.0. The lowest BCUT2D eigenvalue weighted by Gasteiger charge is -2.09. The van der Waals surface area contributed by atoms with E-state index in [0.717, 1.165) is 0 Å². The van der Waals surface area contributed by atoms with Crippen LogP contribution < -0.4 is 5.32 Å². The van der Waals surface area contributed by atoms with Crippen molar-refractivity contribution in [2.24, 2.45) is 5.41 Å². The number of amides is 1. The normalized spacial score (nSPS) is 15.2. The van der Waals surface area contributed by atoms with Gasteiger partial charge in [0, 0.05) is 12.5 Å². The van der Waals surface area contributed by atoms with Crippen molar-refractivity contribution in [1.82, 2.24) is 20.1 Å². The maximum absolute atomic E-state index is 13.5. The predicted octanol–water partition coefficient (Wildman–Crippen LogP) is 2.12. The van der Waals surface area contributed by atoms with Crippen LogP contribution in [-0.2, 0) is 4.79 Å². The molecule has 0 radical (unpaired) electrons. The molecule has 132 valence electrons. The first-order valence-corrected chi connectivity index (χ1v) is 8.07. The Morgan fingerprint density at radius 1 is 1.40 bits per heavy atom. The number of halogens is 1. The topological polar surface area (TPSA) is 97.1 Å². The van der Waals surface area contributed by atoms with Crippen LogP contribution in [0.4, 0.5) is 4.39 Å². The molecule has 0 aliphatic heterocycles. The van der Waals surface area contributed by atoms with Crippen LogP contribution in [0.5, 0.6) is 0 Å². The molecule has 2 N–H and O–H groups in total. The predicted molar refractivity (Wildman–Crippen MR) is 87.0 cm³/mol. The molecule has 0 bridgehead atoms. The van der Waals surface area contributed by atoms with E-state index >= 15 is 0 Å². The molecule has 0 unspecified atom stereocenters. The highest BCUT2D eigenvalue weighted by atomic mass is 19.1. The molecule has 1 amide bonds. The number of aromatic nitrogens is 3. The number of carbonyl (C=O) groups is 2. The molecule has 3 rings (SSSR count). The molecule has 0 atom stereocenters. The first-order chi connectivity index (χ1) is 11.8. The summed E-state index contributed by atoms with van der Waals surface area (Å²) < 4.78 is 14.9. The quantitative estimate of drug-likeness (QED) is 0.835. The van der Waals surface area contributed by atoms with Crippen molar-refractivity contribution >= 4 is 11.9 Å². The number of aliphatic carboxylic acids is 1. The Hall–Kier alpha value is -2.77. The fraction of sp³-hybridized carbons (Fsp3) is 0.412. The van der Waals surface area contributed by atoms with Gasteiger partial charge in [-0.2, -0.15) is 0 Å². The molecule has 1 fully saturated rings. The summed E-state index contributed by atoms with van der Waals surface area (Å²) in [6, 6.07) is 5.87. The third kappa shape index (κ3) is 3.38. The van der Waals surface area contributed by atoms with E-state index in [1.54, 1.807) is 12.1 Å². The van der Waals surface area contributed by atoms with Crippen LogP contribution in [0.1, 0.15) is 49.1 Å². The molecule has 1 aliphatic carbocycles. The van der Waals surface area contributed by atoms with E-state index < -0.39 is 23.1 Å². The second kappa shape index (κ2) is 6.27. The van der Waals surface area contributed by atoms with E-state index in [2.05, 4.69) is 15.4 Å². The van der Waals surface area contributed by atoms with E-state index in [1.165, 1.54) is 16.8 Å². The zero-order valence-corrected chi connectivity index (χ0v) is 14.0. The van der Waals surface area contributed by atoms with Gasteiger partial charge >= 0.3 is 5.97 Å². The van der Waals surface area contributed by atoms with E-state index in [9.17, 15) is 14.0 Å². The number of rotatable bonds is 6. The van der Waals surface area contributed by atoms with Gasteiger partial charge in [0.2, 0.25) is 5.82 Å². The van der Waals surface area contributed by atoms with Crippen LogP contribution in [0.25, 0.3) is 5.69 Å². The Morgan fingerprint density at radius 2 is 2.12 bits per heavy atom. The van der Waals surface area contributed by atoms with Crippen LogP contribution in [0.15, 0.2) is 24.3 Å². The monoisotopic (exact) mass is 346 g/mol. The summed E-state index contributed by atoms with van der Waals surface area (Å²) in [5.41, 5.74) is -0.388. The summed E-state index contributed by atoms with van der Waals surface area (Å²) in [6.07, 6.45) is 1.09. The molecule has 1 aliphatic rings. The molecular formula is C17H19FN4O3. The van der Waals surface area contributed by atoms with Gasteiger partial charge in [-0.1, -0.05) is 19.9 Å². The van der Waals surface area contributed by atoms with Crippen LogP contribution in [0.2, 0.25) is 0 Å². The molecule has 1 saturated carbocycles. The number of carboxylic acids is 1. The maximum atomic E-state index is 13.5. The molecule has 0 saturated heterocycles. The lowest BCUT2D eigenvalue weighted by molar-refractivity contribution is -0.143. The van der Waals surface area contributed by atoms with Crippen molar-refractivity contribution in [3.05, 3.63) is 41.7 Å². The highest BCUT2D eigenvalue weighted by Crippen LogP contribution is 2.45. The minimum absolute atomic E-state index is 0.0360. The lowest BCUT2D eigenvalue weighted by Crippen LogP contribution is -2.34. The van der Waals surface area contributed by atoms with Crippen LogP contribution in [-0.4, -0.2) is 38.3 Å². The number of carboxylic acid groups (broad SMARTS) is 1. The van der Waals surface area contributed by atoms with Gasteiger partial charge in [-0.05, 0) is 31.0 Å². The standard InChI is InChI=1S/C17H19FN4O3/c1-10(2)14-20-13(15(23)19-9-17(6-7-17)16(24)25)21-22(14)12-5-3-4-11(18)8-12/h3-5,8,10H,6-7,9H2,1-2H3,(H,19,23)(H,24,25). The van der Waals surface area contributed by atoms with E-state index in [0.29, 0.717) is 24.4 Å². The molecule has 1 aromatic heterocycles. The van der Waals surface area contributed by atoms with Gasteiger partial charge < -0.3 is 10.4 Å². The van der Waals surface area contributed by atoms with E-state index in [4.69, 9.17) is 5.11 Å². The summed E-state index contributed by atoms with van der Waals surface area (Å²) in [6.45, 7) is 3.84. The van der Waals surface area contributed by atoms with Crippen molar-refractivity contribution in [1.29, 1.82) is 0 Å². The van der Waals surface area contributed by atoms with E-state index in [1.807, 2.05) is 13.8 Å². The number of nitrogens with one attached hydrogen (secondary N) is 1. The highest BCUT2D eigenvalue weighted by molar-refractivity contribution is 5.91. The average molecular weight is 346 g/mol. The summed E-state index contributed by atoms with van der Waals surface area (Å²) in [5, 5.41) is 15.9. The SMILES string of the molecule is CC(C)c1nc(C(=O)NCC2(C(=O)O)CC2)nn1-c1cccc(F)c1. The molecule has 25 heavy (non-hydrogen) atoms. The molecule has 1 heterocycles. The number of benzene rings is 1. The lowest BCUT2D eigenvalue weighted by atomic mass is 10.1. The smallest absolute Gasteiger partial charge is 0.311 e. The Bertz CT molecular complexity index is 827. The van der Waals surface area contributed by atoms with Gasteiger partial charge in [0.25, 0.3) is 5.91 Å². The van der Waals surface area contributed by atoms with Crippen molar-refractivity contribution in [3.63, 3.8) is 0 Å². The first kappa shape index (κ1) is 17.1. The molecule has 0 spiro atoms. The third-order valence-electron chi connectivity index (χ3n) is 4.30. The molecule has 2 aromatic rings. The molecule has 8 heteroatoms. The minimum atomic E-state index is -0.908. The van der Waals surface area contributed by atoms with Gasteiger partial charge in [0.05, 0.1) is 11.1 Å². The number of nitrogens with zero attached hydrogens (tertiary/aromatic N) is 3. The van der Waals surface area contributed by atoms with Gasteiger partial charge in [-0.15, -0.1) is 5.10 Å². The summed E-state index contributed by atoms with van der Waals surface area (Å²) in [7, 11) is 0. The molecule has 7 nitrogen and oxygen atoms in total. The second-order valence-corrected chi connectivity index (χ2v) is 6.61. The van der Waals surface area contributed by atoms with Crippen molar-refractivity contribution < 1.29 is 19.1 Å². The number of hydrogen-bond donors (Lipinski definition) is 2. The second-order valence-electron chi connectivity index (χ2n) is 6.61. The Labute approximate surface area is 143 Å². The molecule has 1 aromatic carbocycles. The minimum Gasteiger partial charge on any atom is -0.481 e. The van der Waals surface area contributed by atoms with Crippen molar-refractivity contribution in [3.8, 4) is 5.69 Å². The highest BCUT2D eigenvalue weighted by Gasteiger charge is 2.50. The molecular weight excluding hydrogens is 327 g/mol. The van der Waals surface area contributed by atoms with Crippen LogP contribution in [0.3, 0.4) is 0 Å². The van der Waals surface area contributed by atoms with Gasteiger partial charge in [-0.3, -0.25) is 9.59 Å². The van der Waals surface area contributed by atoms with Gasteiger partial charge in [0.1, 0.15) is 11.6 Å². The summed E-state index contributed by atoms with van der Waals surface area (Å²) >= 11 is 0. The fourth-order valence-corrected chi connectivity index (χ4v) is 2.54. The average Bonchev–Trinajstić information content (AvgIpc) is 3.22. The number of carbonyl (C=O) groups excluding carboxylic acids is 1. The summed E-state index contributed by atoms with van der Waals surface area (Å²) in [4.78, 5) is 27.7. The third-order valence-corrected chi connectivity index (χ3v) is 4.30. The Balaban J connectivity index is 1.84. The largest absolute Gasteiger partial charge is 0.481 e. The first-order valence-electron chi connectivity index (χ1n) is 8.07. The number of hydrogen-bond acceptors (Lipinski definition) is 4. The van der Waals surface area contributed by atoms with Gasteiger partial charge in [-0.25, -0.2) is 14.1 Å². The van der Waals surface area contributed by atoms with Crippen molar-refractivity contribution in [2.45, 2.75) is 32.6 Å². The fourth-order valence-electron chi connectivity index (χ4n) is 2.54. The zero-order chi connectivity index (χ0) is 18.2. The Morgan fingerprint density at radius 3 is 2.68 bits per heavy atom. The maximum Gasteiger partial charge on any atom is 0.311 e. The van der Waals surface area contributed by atoms with E-state index in [-0.39, 0.29) is 18.3 Å². The van der Waals surface area contributed by atoms with Crippen molar-refractivity contribution in [2.75, 3.05) is 6.54 Å². The summed E-state index contributed by atoms with van der Waals surface area (Å²) in [5.74, 6) is -1.43.